The number of benzene rings is 2. The van der Waals surface area contributed by atoms with Gasteiger partial charge in [0, 0.05) is 12.7 Å². The maximum Gasteiger partial charge on any atom is 0.325 e. The third-order valence-electron chi connectivity index (χ3n) is 6.26. The number of halogens is 1. The van der Waals surface area contributed by atoms with Crippen LogP contribution in [0.2, 0.25) is 0 Å². The summed E-state index contributed by atoms with van der Waals surface area (Å²) in [4.78, 5) is 41.8. The Labute approximate surface area is 215 Å². The number of nitrogens with one attached hydrogen (secondary N) is 1. The van der Waals surface area contributed by atoms with Gasteiger partial charge in [-0.1, -0.05) is 37.6 Å². The molecule has 194 valence electrons. The van der Waals surface area contributed by atoms with Crippen LogP contribution in [0.4, 0.5) is 14.9 Å². The Balaban J connectivity index is 1.67. The van der Waals surface area contributed by atoms with Crippen molar-refractivity contribution in [3.8, 4) is 5.69 Å². The Hall–Kier alpha value is -4.14. The Morgan fingerprint density at radius 2 is 1.73 bits per heavy atom. The molecule has 0 bridgehead atoms. The first kappa shape index (κ1) is 25.9. The number of ether oxygens (including phenoxy) is 1. The smallest absolute Gasteiger partial charge is 0.325 e. The summed E-state index contributed by atoms with van der Waals surface area (Å²) in [6.45, 7) is 3.78. The van der Waals surface area contributed by atoms with Crippen molar-refractivity contribution >= 4 is 23.6 Å². The maximum absolute atomic E-state index is 14.0. The van der Waals surface area contributed by atoms with Gasteiger partial charge in [0.15, 0.2) is 0 Å². The summed E-state index contributed by atoms with van der Waals surface area (Å²) < 4.78 is 20.7. The summed E-state index contributed by atoms with van der Waals surface area (Å²) >= 11 is 0. The van der Waals surface area contributed by atoms with E-state index in [4.69, 9.17) is 4.74 Å². The number of carbonyl (C=O) groups is 3. The number of carbonyl (C=O) groups excluding carboxylic acids is 3. The van der Waals surface area contributed by atoms with Crippen molar-refractivity contribution < 1.29 is 23.5 Å². The molecule has 0 unspecified atom stereocenters. The van der Waals surface area contributed by atoms with E-state index in [0.29, 0.717) is 18.7 Å². The number of urea groups is 1. The van der Waals surface area contributed by atoms with E-state index in [1.807, 2.05) is 54.1 Å². The number of hydrogen-bond donors (Lipinski definition) is 1. The Morgan fingerprint density at radius 3 is 2.43 bits per heavy atom. The van der Waals surface area contributed by atoms with Crippen LogP contribution in [0.5, 0.6) is 0 Å². The molecule has 2 aromatic carbocycles. The molecule has 1 aromatic heterocycles. The topological polar surface area (TPSA) is 83.9 Å². The van der Waals surface area contributed by atoms with E-state index in [1.165, 1.54) is 17.0 Å². The van der Waals surface area contributed by atoms with Crippen LogP contribution in [0, 0.1) is 5.82 Å². The van der Waals surface area contributed by atoms with Gasteiger partial charge in [-0.15, -0.1) is 0 Å². The zero-order chi connectivity index (χ0) is 26.4. The predicted octanol–water partition coefficient (Wildman–Crippen LogP) is 4.43. The lowest BCUT2D eigenvalue weighted by molar-refractivity contribution is -0.141. The monoisotopic (exact) mass is 506 g/mol. The number of amides is 3. The first-order chi connectivity index (χ1) is 17.9. The van der Waals surface area contributed by atoms with Crippen LogP contribution in [0.1, 0.15) is 44.0 Å². The minimum atomic E-state index is -0.542. The molecule has 1 N–H and O–H groups in total. The molecule has 0 saturated carbocycles. The van der Waals surface area contributed by atoms with Gasteiger partial charge in [0.1, 0.15) is 24.9 Å². The molecule has 1 aliphatic heterocycles. The van der Waals surface area contributed by atoms with E-state index < -0.39 is 18.0 Å². The van der Waals surface area contributed by atoms with E-state index in [1.54, 1.807) is 24.0 Å². The van der Waals surface area contributed by atoms with E-state index in [2.05, 4.69) is 5.32 Å². The molecule has 3 amide bonds. The van der Waals surface area contributed by atoms with Crippen LogP contribution < -0.4 is 10.2 Å². The van der Waals surface area contributed by atoms with Crippen LogP contribution in [0.15, 0.2) is 66.9 Å². The number of hydrogen-bond acceptors (Lipinski definition) is 4. The molecule has 1 atom stereocenters. The lowest BCUT2D eigenvalue weighted by Gasteiger charge is -2.39. The summed E-state index contributed by atoms with van der Waals surface area (Å²) in [5.74, 6) is -1.20. The van der Waals surface area contributed by atoms with Gasteiger partial charge in [0.2, 0.25) is 5.91 Å². The summed E-state index contributed by atoms with van der Waals surface area (Å²) in [5, 5.41) is 2.56. The summed E-state index contributed by atoms with van der Waals surface area (Å²) in [7, 11) is 0. The Kier molecular flexibility index (Phi) is 8.22. The van der Waals surface area contributed by atoms with Gasteiger partial charge < -0.3 is 19.5 Å². The second-order valence-corrected chi connectivity index (χ2v) is 8.75. The first-order valence-electron chi connectivity index (χ1n) is 12.5. The summed E-state index contributed by atoms with van der Waals surface area (Å²) in [5.41, 5.74) is 3.12. The number of rotatable bonds is 9. The molecule has 4 rings (SSSR count). The van der Waals surface area contributed by atoms with Crippen LogP contribution in [0.25, 0.3) is 5.69 Å². The van der Waals surface area contributed by atoms with Crippen molar-refractivity contribution in [3.05, 3.63) is 83.9 Å². The van der Waals surface area contributed by atoms with Gasteiger partial charge in [0.25, 0.3) is 0 Å². The molecule has 0 spiro atoms. The van der Waals surface area contributed by atoms with Gasteiger partial charge in [-0.05, 0) is 55.3 Å². The second-order valence-electron chi connectivity index (χ2n) is 8.75. The van der Waals surface area contributed by atoms with Crippen molar-refractivity contribution in [2.45, 2.75) is 32.7 Å². The van der Waals surface area contributed by atoms with Gasteiger partial charge in [-0.2, -0.15) is 0 Å². The van der Waals surface area contributed by atoms with Crippen LogP contribution in [0.3, 0.4) is 0 Å². The fourth-order valence-electron chi connectivity index (χ4n) is 4.53. The van der Waals surface area contributed by atoms with E-state index in [-0.39, 0.29) is 31.4 Å². The molecule has 1 aliphatic rings. The van der Waals surface area contributed by atoms with E-state index in [9.17, 15) is 18.8 Å². The lowest BCUT2D eigenvalue weighted by atomic mass is 9.97. The number of para-hydroxylation sites is 2. The van der Waals surface area contributed by atoms with Gasteiger partial charge >= 0.3 is 12.0 Å². The number of unbranched alkanes of at least 4 members (excludes halogenated alkanes) is 1. The number of anilines is 1. The highest BCUT2D eigenvalue weighted by Gasteiger charge is 2.37. The maximum atomic E-state index is 14.0. The highest BCUT2D eigenvalue weighted by atomic mass is 19.1. The molecule has 0 aliphatic carbocycles. The van der Waals surface area contributed by atoms with Crippen molar-refractivity contribution in [3.63, 3.8) is 0 Å². The largest absolute Gasteiger partial charge is 0.465 e. The normalized spacial score (nSPS) is 13.9. The molecule has 8 nitrogen and oxygen atoms in total. The van der Waals surface area contributed by atoms with Crippen LogP contribution in [-0.2, 0) is 14.3 Å². The molecular formula is C28H31FN4O4. The van der Waals surface area contributed by atoms with Crippen molar-refractivity contribution in [1.29, 1.82) is 0 Å². The highest BCUT2D eigenvalue weighted by Crippen LogP contribution is 2.42. The third-order valence-corrected chi connectivity index (χ3v) is 6.26. The molecule has 9 heteroatoms. The minimum absolute atomic E-state index is 0.193. The number of nitrogens with zero attached hydrogens (tertiary/aromatic N) is 3. The minimum Gasteiger partial charge on any atom is -0.465 e. The molecule has 0 radical (unpaired) electrons. The third kappa shape index (κ3) is 5.66. The average Bonchev–Trinajstić information content (AvgIpc) is 3.39. The number of esters is 1. The molecule has 0 fully saturated rings. The highest BCUT2D eigenvalue weighted by molar-refractivity contribution is 6.00. The van der Waals surface area contributed by atoms with E-state index >= 15 is 0 Å². The predicted molar refractivity (Wildman–Crippen MR) is 138 cm³/mol. The van der Waals surface area contributed by atoms with Crippen LogP contribution >= 0.6 is 0 Å². The molecular weight excluding hydrogens is 475 g/mol. The molecule has 3 aromatic rings. The van der Waals surface area contributed by atoms with Gasteiger partial charge in [-0.3, -0.25) is 14.5 Å². The summed E-state index contributed by atoms with van der Waals surface area (Å²) in [6.07, 6.45) is 3.46. The van der Waals surface area contributed by atoms with Gasteiger partial charge in [0.05, 0.1) is 23.7 Å². The van der Waals surface area contributed by atoms with Crippen molar-refractivity contribution in [1.82, 2.24) is 14.8 Å². The molecule has 2 heterocycles. The first-order valence-corrected chi connectivity index (χ1v) is 12.5. The Morgan fingerprint density at radius 1 is 1.00 bits per heavy atom. The summed E-state index contributed by atoms with van der Waals surface area (Å²) in [6, 6.07) is 16.5. The zero-order valence-corrected chi connectivity index (χ0v) is 21.0. The van der Waals surface area contributed by atoms with Crippen LogP contribution in [-0.4, -0.2) is 53.6 Å². The quantitative estimate of drug-likeness (QED) is 0.436. The number of fused-ring (bicyclic) bond motifs is 3. The van der Waals surface area contributed by atoms with Gasteiger partial charge in [-0.25, -0.2) is 9.18 Å². The Bertz CT molecular complexity index is 1260. The van der Waals surface area contributed by atoms with Crippen molar-refractivity contribution in [2.24, 2.45) is 0 Å². The zero-order valence-electron chi connectivity index (χ0n) is 21.0. The lowest BCUT2D eigenvalue weighted by Crippen LogP contribution is -2.50. The van der Waals surface area contributed by atoms with E-state index in [0.717, 1.165) is 23.4 Å². The molecule has 0 saturated heterocycles. The number of aromatic nitrogens is 1. The average molecular weight is 507 g/mol. The second kappa shape index (κ2) is 11.7. The molecule has 37 heavy (non-hydrogen) atoms. The van der Waals surface area contributed by atoms with Crippen molar-refractivity contribution in [2.75, 3.05) is 31.1 Å². The SMILES string of the molecule is CCCCN(CC(=O)N1c2ccccc2-n2cccc2[C@H]1c1ccc(F)cc1)C(=O)NCC(=O)OCC. The fourth-order valence-corrected chi connectivity index (χ4v) is 4.53. The fraction of sp³-hybridized carbons (Fsp3) is 0.321. The standard InChI is InChI=1S/C28H31FN4O4/c1-3-5-16-31(28(36)30-18-26(35)37-4-2)19-25(34)33-23-10-7-6-9-22(23)32-17-8-11-24(32)27(33)20-12-14-21(29)15-13-20/h6-15,17,27H,3-5,16,18-19H2,1-2H3,(H,30,36)/t27-/m1/s1.